The van der Waals surface area contributed by atoms with Gasteiger partial charge in [-0.2, -0.15) is 0 Å². The Morgan fingerprint density at radius 1 is 0.879 bits per heavy atom. The van der Waals surface area contributed by atoms with E-state index in [4.69, 9.17) is 5.73 Å². The molecule has 5 heteroatoms. The summed E-state index contributed by atoms with van der Waals surface area (Å²) >= 11 is 0. The molecule has 0 bridgehead atoms. The molecule has 4 rings (SSSR count). The van der Waals surface area contributed by atoms with E-state index in [1.807, 2.05) is 54.6 Å². The molecule has 0 saturated carbocycles. The van der Waals surface area contributed by atoms with Crippen molar-refractivity contribution in [1.82, 2.24) is 4.90 Å². The molecule has 5 nitrogen and oxygen atoms in total. The van der Waals surface area contributed by atoms with E-state index < -0.39 is 0 Å². The first-order valence-corrected chi connectivity index (χ1v) is 11.6. The molecule has 33 heavy (non-hydrogen) atoms. The van der Waals surface area contributed by atoms with Crippen LogP contribution in [0.4, 0.5) is 5.69 Å². The van der Waals surface area contributed by atoms with Gasteiger partial charge in [-0.1, -0.05) is 72.8 Å². The summed E-state index contributed by atoms with van der Waals surface area (Å²) in [5.74, 6) is -0.202. The number of primary amides is 1. The van der Waals surface area contributed by atoms with E-state index in [1.54, 1.807) is 0 Å². The van der Waals surface area contributed by atoms with E-state index in [9.17, 15) is 9.59 Å². The fourth-order valence-electron chi connectivity index (χ4n) is 4.58. The van der Waals surface area contributed by atoms with Crippen molar-refractivity contribution < 1.29 is 9.59 Å². The predicted molar refractivity (Wildman–Crippen MR) is 132 cm³/mol. The maximum absolute atomic E-state index is 13.0. The molecule has 170 valence electrons. The van der Waals surface area contributed by atoms with Crippen LogP contribution in [0.1, 0.15) is 41.9 Å². The lowest BCUT2D eigenvalue weighted by molar-refractivity contribution is -0.123. The third-order valence-corrected chi connectivity index (χ3v) is 6.40. The lowest BCUT2D eigenvalue weighted by Gasteiger charge is -2.30. The molecule has 1 fully saturated rings. The van der Waals surface area contributed by atoms with Crippen molar-refractivity contribution in [3.8, 4) is 0 Å². The molecule has 1 heterocycles. The number of piperidine rings is 1. The summed E-state index contributed by atoms with van der Waals surface area (Å²) in [5, 5.41) is 3.09. The largest absolute Gasteiger partial charge is 0.369 e. The van der Waals surface area contributed by atoms with Crippen molar-refractivity contribution in [2.24, 2.45) is 11.7 Å². The fraction of sp³-hybridized carbons (Fsp3) is 0.286. The van der Waals surface area contributed by atoms with Crippen molar-refractivity contribution in [3.63, 3.8) is 0 Å². The molecule has 2 amide bonds. The van der Waals surface area contributed by atoms with Crippen LogP contribution in [-0.4, -0.2) is 29.8 Å². The third kappa shape index (κ3) is 6.30. The zero-order valence-electron chi connectivity index (χ0n) is 18.8. The summed E-state index contributed by atoms with van der Waals surface area (Å²) in [6.07, 6.45) is 2.00. The Balaban J connectivity index is 1.39. The van der Waals surface area contributed by atoms with Crippen molar-refractivity contribution in [2.45, 2.75) is 31.7 Å². The summed E-state index contributed by atoms with van der Waals surface area (Å²) in [6.45, 7) is 2.52. The van der Waals surface area contributed by atoms with Crippen LogP contribution in [0.5, 0.6) is 0 Å². The first-order chi connectivity index (χ1) is 16.1. The van der Waals surface area contributed by atoms with Crippen LogP contribution in [0.3, 0.4) is 0 Å². The standard InChI is InChI=1S/C28H31N3O2/c29-28(33)24-14-16-31(17-15-24)20-21-8-7-13-25(18-21)30-27(32)19-26(22-9-3-1-4-10-22)23-11-5-2-6-12-23/h1-13,18,24,26H,14-17,19-20H2,(H2,29,33)(H,30,32). The molecule has 0 atom stereocenters. The topological polar surface area (TPSA) is 75.4 Å². The van der Waals surface area contributed by atoms with Gasteiger partial charge in [0.15, 0.2) is 0 Å². The van der Waals surface area contributed by atoms with E-state index in [2.05, 4.69) is 40.5 Å². The van der Waals surface area contributed by atoms with Crippen LogP contribution in [0.25, 0.3) is 0 Å². The summed E-state index contributed by atoms with van der Waals surface area (Å²) in [4.78, 5) is 26.7. The van der Waals surface area contributed by atoms with Crippen molar-refractivity contribution in [3.05, 3.63) is 102 Å². The molecule has 0 aromatic heterocycles. The average Bonchev–Trinajstić information content (AvgIpc) is 2.84. The molecule has 3 N–H and O–H groups in total. The zero-order valence-corrected chi connectivity index (χ0v) is 18.8. The number of carbonyl (C=O) groups excluding carboxylic acids is 2. The number of amides is 2. The van der Waals surface area contributed by atoms with Crippen LogP contribution in [0.2, 0.25) is 0 Å². The van der Waals surface area contributed by atoms with Crippen LogP contribution >= 0.6 is 0 Å². The minimum absolute atomic E-state index is 0.00198. The van der Waals surface area contributed by atoms with Gasteiger partial charge in [-0.05, 0) is 54.8 Å². The first-order valence-electron chi connectivity index (χ1n) is 11.6. The number of benzene rings is 3. The number of hydrogen-bond donors (Lipinski definition) is 2. The molecule has 0 radical (unpaired) electrons. The number of carbonyl (C=O) groups is 2. The number of nitrogens with zero attached hydrogens (tertiary/aromatic N) is 1. The number of likely N-dealkylation sites (tertiary alicyclic amines) is 1. The highest BCUT2D eigenvalue weighted by Crippen LogP contribution is 2.28. The molecular formula is C28H31N3O2. The average molecular weight is 442 g/mol. The Morgan fingerprint density at radius 2 is 1.48 bits per heavy atom. The van der Waals surface area contributed by atoms with Crippen molar-refractivity contribution in [2.75, 3.05) is 18.4 Å². The highest BCUT2D eigenvalue weighted by Gasteiger charge is 2.23. The van der Waals surface area contributed by atoms with Gasteiger partial charge in [0, 0.05) is 30.5 Å². The van der Waals surface area contributed by atoms with E-state index in [0.29, 0.717) is 6.42 Å². The molecule has 1 aliphatic heterocycles. The van der Waals surface area contributed by atoms with Gasteiger partial charge in [0.1, 0.15) is 0 Å². The second kappa shape index (κ2) is 10.9. The van der Waals surface area contributed by atoms with Gasteiger partial charge in [-0.25, -0.2) is 0 Å². The SMILES string of the molecule is NC(=O)C1CCN(Cc2cccc(NC(=O)CC(c3ccccc3)c3ccccc3)c2)CC1. The van der Waals surface area contributed by atoms with Gasteiger partial charge < -0.3 is 11.1 Å². The number of rotatable bonds is 8. The number of hydrogen-bond acceptors (Lipinski definition) is 3. The van der Waals surface area contributed by atoms with E-state index in [0.717, 1.165) is 54.9 Å². The first kappa shape index (κ1) is 22.7. The van der Waals surface area contributed by atoms with Gasteiger partial charge >= 0.3 is 0 Å². The smallest absolute Gasteiger partial charge is 0.225 e. The van der Waals surface area contributed by atoms with E-state index in [1.165, 1.54) is 0 Å². The van der Waals surface area contributed by atoms with E-state index >= 15 is 0 Å². The van der Waals surface area contributed by atoms with Crippen molar-refractivity contribution >= 4 is 17.5 Å². The highest BCUT2D eigenvalue weighted by molar-refractivity contribution is 5.91. The van der Waals surface area contributed by atoms with Gasteiger partial charge in [0.2, 0.25) is 11.8 Å². The number of nitrogens with one attached hydrogen (secondary N) is 1. The second-order valence-corrected chi connectivity index (χ2v) is 8.78. The van der Waals surface area contributed by atoms with E-state index in [-0.39, 0.29) is 23.7 Å². The van der Waals surface area contributed by atoms with Gasteiger partial charge in [-0.3, -0.25) is 14.5 Å². The fourth-order valence-corrected chi connectivity index (χ4v) is 4.58. The molecule has 0 spiro atoms. The van der Waals surface area contributed by atoms with Crippen LogP contribution in [0, 0.1) is 5.92 Å². The molecule has 0 aliphatic carbocycles. The summed E-state index contributed by atoms with van der Waals surface area (Å²) < 4.78 is 0. The Kier molecular flexibility index (Phi) is 7.53. The Labute approximate surface area is 195 Å². The Hall–Kier alpha value is -3.44. The summed E-state index contributed by atoms with van der Waals surface area (Å²) in [6, 6.07) is 28.4. The van der Waals surface area contributed by atoms with Crippen molar-refractivity contribution in [1.29, 1.82) is 0 Å². The molecular weight excluding hydrogens is 410 g/mol. The van der Waals surface area contributed by atoms with Gasteiger partial charge in [0.25, 0.3) is 0 Å². The molecule has 0 unspecified atom stereocenters. The summed E-state index contributed by atoms with van der Waals surface area (Å²) in [7, 11) is 0. The highest BCUT2D eigenvalue weighted by atomic mass is 16.2. The van der Waals surface area contributed by atoms with Crippen LogP contribution in [0.15, 0.2) is 84.9 Å². The second-order valence-electron chi connectivity index (χ2n) is 8.78. The minimum atomic E-state index is -0.191. The maximum atomic E-state index is 13.0. The lowest BCUT2D eigenvalue weighted by Crippen LogP contribution is -2.38. The van der Waals surface area contributed by atoms with Gasteiger partial charge in [0.05, 0.1) is 0 Å². The predicted octanol–water partition coefficient (Wildman–Crippen LogP) is 4.54. The Morgan fingerprint density at radius 3 is 2.06 bits per heavy atom. The maximum Gasteiger partial charge on any atom is 0.225 e. The minimum Gasteiger partial charge on any atom is -0.369 e. The summed E-state index contributed by atoms with van der Waals surface area (Å²) in [5.41, 5.74) is 9.66. The third-order valence-electron chi connectivity index (χ3n) is 6.40. The number of anilines is 1. The Bertz CT molecular complexity index is 1020. The molecule has 3 aromatic rings. The molecule has 3 aromatic carbocycles. The lowest BCUT2D eigenvalue weighted by atomic mass is 9.88. The normalized spacial score (nSPS) is 14.8. The quantitative estimate of drug-likeness (QED) is 0.539. The van der Waals surface area contributed by atoms with Gasteiger partial charge in [-0.15, -0.1) is 0 Å². The van der Waals surface area contributed by atoms with Crippen LogP contribution < -0.4 is 11.1 Å². The molecule has 1 saturated heterocycles. The van der Waals surface area contributed by atoms with Crippen LogP contribution in [-0.2, 0) is 16.1 Å². The molecule has 1 aliphatic rings. The number of nitrogens with two attached hydrogens (primary N) is 1. The monoisotopic (exact) mass is 441 g/mol. The zero-order chi connectivity index (χ0) is 23.0.